The number of allylic oxidation sites excluding steroid dienone is 4. The van der Waals surface area contributed by atoms with E-state index in [2.05, 4.69) is 133 Å². The fourth-order valence-corrected chi connectivity index (χ4v) is 6.68. The summed E-state index contributed by atoms with van der Waals surface area (Å²) in [5.74, 6) is 2.10. The van der Waals surface area contributed by atoms with Crippen molar-refractivity contribution in [1.82, 2.24) is 15.0 Å². The Labute approximate surface area is 272 Å². The summed E-state index contributed by atoms with van der Waals surface area (Å²) in [5.41, 5.74) is 8.36. The molecule has 0 fully saturated rings. The van der Waals surface area contributed by atoms with Crippen LogP contribution in [0.5, 0.6) is 0 Å². The van der Waals surface area contributed by atoms with Crippen molar-refractivity contribution >= 4 is 38.3 Å². The lowest BCUT2D eigenvalue weighted by molar-refractivity contribution is 0.672. The molecule has 0 N–H and O–H groups in total. The van der Waals surface area contributed by atoms with Gasteiger partial charge in [0.1, 0.15) is 17.0 Å². The maximum atomic E-state index is 6.49. The maximum absolute atomic E-state index is 6.49. The van der Waals surface area contributed by atoms with Gasteiger partial charge in [0.2, 0.25) is 0 Å². The molecule has 1 aliphatic carbocycles. The molecular formula is C43H29N3O. The minimum Gasteiger partial charge on any atom is -0.455 e. The second kappa shape index (κ2) is 11.3. The van der Waals surface area contributed by atoms with E-state index in [1.165, 1.54) is 10.9 Å². The van der Waals surface area contributed by atoms with Crippen LogP contribution in [0.1, 0.15) is 23.7 Å². The largest absolute Gasteiger partial charge is 0.455 e. The number of hydrogen-bond acceptors (Lipinski definition) is 4. The van der Waals surface area contributed by atoms with Crippen LogP contribution < -0.4 is 0 Å². The predicted molar refractivity (Wildman–Crippen MR) is 192 cm³/mol. The summed E-state index contributed by atoms with van der Waals surface area (Å²) >= 11 is 0. The van der Waals surface area contributed by atoms with Crippen molar-refractivity contribution in [2.45, 2.75) is 12.3 Å². The zero-order valence-corrected chi connectivity index (χ0v) is 25.5. The molecule has 0 radical (unpaired) electrons. The van der Waals surface area contributed by atoms with Gasteiger partial charge in [-0.3, -0.25) is 0 Å². The van der Waals surface area contributed by atoms with E-state index in [1.54, 1.807) is 0 Å². The van der Waals surface area contributed by atoms with Crippen LogP contribution in [-0.2, 0) is 0 Å². The monoisotopic (exact) mass is 603 g/mol. The number of aromatic nitrogens is 3. The normalized spacial score (nSPS) is 14.6. The third-order valence-electron chi connectivity index (χ3n) is 9.03. The number of nitrogens with zero attached hydrogens (tertiary/aromatic N) is 3. The highest BCUT2D eigenvalue weighted by Crippen LogP contribution is 2.40. The van der Waals surface area contributed by atoms with Crippen LogP contribution in [0.3, 0.4) is 0 Å². The van der Waals surface area contributed by atoms with Gasteiger partial charge in [0.25, 0.3) is 0 Å². The fraction of sp³-hybridized carbons (Fsp3) is 0.0465. The van der Waals surface area contributed by atoms with Crippen LogP contribution in [0.15, 0.2) is 162 Å². The number of furan rings is 1. The predicted octanol–water partition coefficient (Wildman–Crippen LogP) is 11.1. The van der Waals surface area contributed by atoms with Gasteiger partial charge < -0.3 is 4.42 Å². The van der Waals surface area contributed by atoms with Gasteiger partial charge in [0.15, 0.2) is 11.6 Å². The number of benzene rings is 6. The van der Waals surface area contributed by atoms with Crippen molar-refractivity contribution in [3.05, 3.63) is 169 Å². The minimum atomic E-state index is -0.0166. The Morgan fingerprint density at radius 1 is 0.532 bits per heavy atom. The van der Waals surface area contributed by atoms with Crippen LogP contribution in [-0.4, -0.2) is 15.0 Å². The Morgan fingerprint density at radius 3 is 1.98 bits per heavy atom. The topological polar surface area (TPSA) is 51.8 Å². The van der Waals surface area contributed by atoms with Crippen molar-refractivity contribution in [3.8, 4) is 33.9 Å². The first kappa shape index (κ1) is 27.2. The Kier molecular flexibility index (Phi) is 6.57. The molecule has 4 nitrogen and oxygen atoms in total. The highest BCUT2D eigenvalue weighted by Gasteiger charge is 2.22. The van der Waals surface area contributed by atoms with Gasteiger partial charge in [-0.15, -0.1) is 0 Å². The molecule has 47 heavy (non-hydrogen) atoms. The van der Waals surface area contributed by atoms with Crippen molar-refractivity contribution in [2.75, 3.05) is 0 Å². The van der Waals surface area contributed by atoms with Gasteiger partial charge in [-0.25, -0.2) is 15.0 Å². The first-order valence-electron chi connectivity index (χ1n) is 16.0. The molecule has 0 saturated carbocycles. The lowest BCUT2D eigenvalue weighted by Crippen LogP contribution is -2.09. The standard InChI is InChI=1S/C43H29N3O/c1-3-11-28(12-4-1)29-21-23-32(24-22-29)42-44-41(31-14-5-2-6-15-31)45-43(46-42)34-17-9-16-33(27-34)35-19-10-20-38-39(35)37-26-25-30-13-7-8-18-36(30)40(37)47-38/h1-16,18-27,34H,17H2. The molecule has 0 bridgehead atoms. The molecule has 0 spiro atoms. The molecule has 0 amide bonds. The second-order valence-electron chi connectivity index (χ2n) is 12.0. The van der Waals surface area contributed by atoms with Crippen molar-refractivity contribution in [1.29, 1.82) is 0 Å². The number of rotatable bonds is 5. The Hall–Kier alpha value is -6.13. The third kappa shape index (κ3) is 4.91. The van der Waals surface area contributed by atoms with Gasteiger partial charge in [0.05, 0.1) is 0 Å². The Balaban J connectivity index is 1.15. The summed E-state index contributed by atoms with van der Waals surface area (Å²) < 4.78 is 6.49. The first-order chi connectivity index (χ1) is 23.3. The van der Waals surface area contributed by atoms with Gasteiger partial charge in [-0.2, -0.15) is 0 Å². The SMILES string of the molecule is C1=CC(c2cccc3oc4c5ccccc5ccc4c23)=CC(c2nc(-c3ccccc3)nc(-c3ccc(-c4ccccc4)cc3)n2)C1. The summed E-state index contributed by atoms with van der Waals surface area (Å²) in [7, 11) is 0. The fourth-order valence-electron chi connectivity index (χ4n) is 6.68. The summed E-state index contributed by atoms with van der Waals surface area (Å²) in [4.78, 5) is 15.1. The maximum Gasteiger partial charge on any atom is 0.163 e. The molecule has 2 heterocycles. The quantitative estimate of drug-likeness (QED) is 0.196. The summed E-state index contributed by atoms with van der Waals surface area (Å²) in [5, 5.41) is 4.55. The smallest absolute Gasteiger partial charge is 0.163 e. The molecule has 222 valence electrons. The molecule has 0 aliphatic heterocycles. The van der Waals surface area contributed by atoms with E-state index < -0.39 is 0 Å². The molecule has 1 unspecified atom stereocenters. The third-order valence-corrected chi connectivity index (χ3v) is 9.03. The Bertz CT molecular complexity index is 2480. The minimum absolute atomic E-state index is 0.0166. The Morgan fingerprint density at radius 2 is 1.19 bits per heavy atom. The number of hydrogen-bond donors (Lipinski definition) is 0. The summed E-state index contributed by atoms with van der Waals surface area (Å²) in [6.45, 7) is 0. The van der Waals surface area contributed by atoms with E-state index in [1.807, 2.05) is 24.3 Å². The van der Waals surface area contributed by atoms with E-state index in [9.17, 15) is 0 Å². The average Bonchev–Trinajstić information content (AvgIpc) is 3.55. The van der Waals surface area contributed by atoms with Crippen LogP contribution in [0.25, 0.3) is 72.2 Å². The molecule has 8 aromatic rings. The molecule has 9 rings (SSSR count). The lowest BCUT2D eigenvalue weighted by atomic mass is 9.89. The molecule has 6 aromatic carbocycles. The lowest BCUT2D eigenvalue weighted by Gasteiger charge is -2.18. The van der Waals surface area contributed by atoms with E-state index in [0.717, 1.165) is 67.4 Å². The second-order valence-corrected chi connectivity index (χ2v) is 12.0. The molecule has 0 saturated heterocycles. The van der Waals surface area contributed by atoms with Crippen LogP contribution >= 0.6 is 0 Å². The highest BCUT2D eigenvalue weighted by molar-refractivity contribution is 6.18. The molecule has 4 heteroatoms. The summed E-state index contributed by atoms with van der Waals surface area (Å²) in [6, 6.07) is 48.1. The molecular weight excluding hydrogens is 574 g/mol. The van der Waals surface area contributed by atoms with E-state index in [4.69, 9.17) is 19.4 Å². The van der Waals surface area contributed by atoms with Crippen LogP contribution in [0, 0.1) is 0 Å². The van der Waals surface area contributed by atoms with Crippen molar-refractivity contribution in [2.24, 2.45) is 0 Å². The van der Waals surface area contributed by atoms with Gasteiger partial charge in [0, 0.05) is 33.2 Å². The van der Waals surface area contributed by atoms with E-state index in [-0.39, 0.29) is 5.92 Å². The van der Waals surface area contributed by atoms with Crippen molar-refractivity contribution in [3.63, 3.8) is 0 Å². The molecule has 1 aliphatic rings. The van der Waals surface area contributed by atoms with E-state index >= 15 is 0 Å². The number of fused-ring (bicyclic) bond motifs is 5. The van der Waals surface area contributed by atoms with Gasteiger partial charge >= 0.3 is 0 Å². The van der Waals surface area contributed by atoms with Gasteiger partial charge in [-0.05, 0) is 46.2 Å². The van der Waals surface area contributed by atoms with Crippen molar-refractivity contribution < 1.29 is 4.42 Å². The highest BCUT2D eigenvalue weighted by atomic mass is 16.3. The zero-order chi connectivity index (χ0) is 31.2. The van der Waals surface area contributed by atoms with Crippen LogP contribution in [0.4, 0.5) is 0 Å². The first-order valence-corrected chi connectivity index (χ1v) is 16.0. The molecule has 2 aromatic heterocycles. The summed E-state index contributed by atoms with van der Waals surface area (Å²) in [6.07, 6.45) is 7.56. The zero-order valence-electron chi connectivity index (χ0n) is 25.5. The average molecular weight is 604 g/mol. The molecule has 1 atom stereocenters. The van der Waals surface area contributed by atoms with Crippen LogP contribution in [0.2, 0.25) is 0 Å². The van der Waals surface area contributed by atoms with E-state index in [0.29, 0.717) is 11.6 Å². The van der Waals surface area contributed by atoms with Gasteiger partial charge in [-0.1, -0.05) is 146 Å².